The Labute approximate surface area is 262 Å². The average molecular weight is 671 g/mol. The van der Waals surface area contributed by atoms with Gasteiger partial charge in [-0.2, -0.15) is 39.5 Å². The number of fused-ring (bicyclic) bond motifs is 7. The summed E-state index contributed by atoms with van der Waals surface area (Å²) in [5.74, 6) is -2.69. The van der Waals surface area contributed by atoms with E-state index >= 15 is 0 Å². The van der Waals surface area contributed by atoms with Gasteiger partial charge in [0.05, 0.1) is 26.4 Å². The number of hydrogen-bond acceptors (Lipinski definition) is 3. The van der Waals surface area contributed by atoms with Crippen molar-refractivity contribution in [3.63, 3.8) is 0 Å². The number of alkyl halides is 9. The largest absolute Gasteiger partial charge is 0.416 e. The van der Waals surface area contributed by atoms with Crippen molar-refractivity contribution in [1.82, 2.24) is 0 Å². The first-order valence-corrected chi connectivity index (χ1v) is 16.0. The minimum atomic E-state index is -4.97. The SMILES string of the molecule is Cc1cc(C2CCC3c4c(sc5c4C4CCC(c6cc(C(F)(F)F)cc(C(F)(F)F)c6)CC4C5=O)C(=O)C3C2)cc(C(F)(F)F)c1. The molecule has 0 N–H and O–H groups in total. The first-order valence-electron chi connectivity index (χ1n) is 15.1. The molecule has 2 aromatic carbocycles. The second-order valence-electron chi connectivity index (χ2n) is 13.2. The van der Waals surface area contributed by atoms with Gasteiger partial charge in [-0.1, -0.05) is 11.6 Å². The van der Waals surface area contributed by atoms with E-state index in [0.29, 0.717) is 46.6 Å². The lowest BCUT2D eigenvalue weighted by Crippen LogP contribution is -2.25. The molecule has 0 bridgehead atoms. The first kappa shape index (κ1) is 31.4. The first-order chi connectivity index (χ1) is 21.4. The van der Waals surface area contributed by atoms with E-state index in [1.54, 1.807) is 13.0 Å². The van der Waals surface area contributed by atoms with Gasteiger partial charge in [-0.05, 0) is 122 Å². The van der Waals surface area contributed by atoms with E-state index in [1.165, 1.54) is 0 Å². The van der Waals surface area contributed by atoms with Gasteiger partial charge in [-0.3, -0.25) is 9.59 Å². The summed E-state index contributed by atoms with van der Waals surface area (Å²) in [7, 11) is 0. The number of benzene rings is 2. The molecule has 6 unspecified atom stereocenters. The van der Waals surface area contributed by atoms with Crippen molar-refractivity contribution in [2.24, 2.45) is 11.8 Å². The van der Waals surface area contributed by atoms with Gasteiger partial charge in [0.2, 0.25) is 0 Å². The molecule has 0 amide bonds. The van der Waals surface area contributed by atoms with Crippen molar-refractivity contribution in [2.45, 2.75) is 87.6 Å². The Morgan fingerprint density at radius 1 is 0.543 bits per heavy atom. The lowest BCUT2D eigenvalue weighted by atomic mass is 9.68. The number of aryl methyl sites for hydroxylation is 1. The summed E-state index contributed by atoms with van der Waals surface area (Å²) >= 11 is 1.13. The Bertz CT molecular complexity index is 1730. The molecule has 0 spiro atoms. The third-order valence-corrected chi connectivity index (χ3v) is 11.8. The van der Waals surface area contributed by atoms with E-state index in [1.807, 2.05) is 0 Å². The lowest BCUT2D eigenvalue weighted by Gasteiger charge is -2.34. The van der Waals surface area contributed by atoms with Gasteiger partial charge in [0, 0.05) is 11.8 Å². The molecule has 2 nitrogen and oxygen atoms in total. The van der Waals surface area contributed by atoms with E-state index in [2.05, 4.69) is 0 Å². The van der Waals surface area contributed by atoms with Crippen LogP contribution in [-0.4, -0.2) is 11.6 Å². The number of halogens is 9. The van der Waals surface area contributed by atoms with Gasteiger partial charge in [0.15, 0.2) is 11.6 Å². The molecule has 0 radical (unpaired) electrons. The molecule has 0 aliphatic heterocycles. The average Bonchev–Trinajstić information content (AvgIpc) is 3.58. The minimum absolute atomic E-state index is 0.0905. The molecule has 4 aliphatic carbocycles. The number of ketones is 2. The zero-order valence-electron chi connectivity index (χ0n) is 24.3. The summed E-state index contributed by atoms with van der Waals surface area (Å²) in [6, 6.07) is 5.60. The highest BCUT2D eigenvalue weighted by molar-refractivity contribution is 7.16. The summed E-state index contributed by atoms with van der Waals surface area (Å²) in [6.45, 7) is 1.61. The van der Waals surface area contributed by atoms with Crippen LogP contribution in [0.2, 0.25) is 0 Å². The van der Waals surface area contributed by atoms with Crippen LogP contribution in [0.15, 0.2) is 36.4 Å². The van der Waals surface area contributed by atoms with Crippen LogP contribution >= 0.6 is 11.3 Å². The molecule has 1 heterocycles. The maximum atomic E-state index is 13.7. The van der Waals surface area contributed by atoms with Gasteiger partial charge in [0.1, 0.15) is 0 Å². The summed E-state index contributed by atoms with van der Waals surface area (Å²) in [6.07, 6.45) is -12.1. The molecule has 6 atom stereocenters. The van der Waals surface area contributed by atoms with Crippen molar-refractivity contribution in [3.8, 4) is 0 Å². The molecule has 2 fully saturated rings. The Balaban J connectivity index is 1.15. The number of rotatable bonds is 2. The molecular formula is C34H27F9O2S. The monoisotopic (exact) mass is 670 g/mol. The van der Waals surface area contributed by atoms with E-state index in [0.717, 1.165) is 46.7 Å². The van der Waals surface area contributed by atoms with Crippen LogP contribution in [0.1, 0.15) is 126 Å². The van der Waals surface area contributed by atoms with Crippen LogP contribution in [0.25, 0.3) is 0 Å². The van der Waals surface area contributed by atoms with Gasteiger partial charge in [0.25, 0.3) is 0 Å². The maximum absolute atomic E-state index is 13.7. The fourth-order valence-electron chi connectivity index (χ4n) is 8.54. The molecule has 4 aliphatic rings. The molecule has 0 saturated heterocycles. The molecular weight excluding hydrogens is 643 g/mol. The van der Waals surface area contributed by atoms with Gasteiger partial charge >= 0.3 is 18.5 Å². The zero-order chi connectivity index (χ0) is 33.1. The third kappa shape index (κ3) is 5.09. The highest BCUT2D eigenvalue weighted by Crippen LogP contribution is 2.61. The highest BCUT2D eigenvalue weighted by atomic mass is 32.1. The number of carbonyl (C=O) groups is 2. The van der Waals surface area contributed by atoms with E-state index < -0.39 is 53.0 Å². The quantitative estimate of drug-likeness (QED) is 0.254. The standard InChI is InChI=1S/C34H27F9O2S/c1-14-6-17(8-19(7-14)32(35,36)37)15-2-4-22-24(11-15)28(44)30-26(22)27-23-5-3-16(12-25(23)29(45)31(27)46-30)18-9-20(33(38,39)40)13-21(10-18)34(41,42)43/h6-10,13,15-16,22-25H,2-5,11-12H2,1H3. The number of thiophene rings is 1. The maximum Gasteiger partial charge on any atom is 0.416 e. The predicted octanol–water partition coefficient (Wildman–Crippen LogP) is 10.8. The van der Waals surface area contributed by atoms with Crippen LogP contribution in [-0.2, 0) is 18.5 Å². The summed E-state index contributed by atoms with van der Waals surface area (Å²) in [5.41, 5.74) is -0.887. The smallest absolute Gasteiger partial charge is 0.293 e. The summed E-state index contributed by atoms with van der Waals surface area (Å²) in [5, 5.41) is 0. The number of carbonyl (C=O) groups excluding carboxylic acids is 2. The topological polar surface area (TPSA) is 34.1 Å². The Morgan fingerprint density at radius 2 is 0.935 bits per heavy atom. The molecule has 2 saturated carbocycles. The third-order valence-electron chi connectivity index (χ3n) is 10.5. The minimum Gasteiger partial charge on any atom is -0.293 e. The molecule has 7 rings (SSSR count). The molecule has 12 heteroatoms. The highest BCUT2D eigenvalue weighted by Gasteiger charge is 2.54. The van der Waals surface area contributed by atoms with Crippen LogP contribution in [0.5, 0.6) is 0 Å². The molecule has 46 heavy (non-hydrogen) atoms. The fourth-order valence-corrected chi connectivity index (χ4v) is 9.99. The Kier molecular flexibility index (Phi) is 7.13. The number of hydrogen-bond donors (Lipinski definition) is 0. The molecule has 244 valence electrons. The second kappa shape index (κ2) is 10.4. The van der Waals surface area contributed by atoms with Crippen LogP contribution in [0.3, 0.4) is 0 Å². The van der Waals surface area contributed by atoms with E-state index in [9.17, 15) is 49.1 Å². The van der Waals surface area contributed by atoms with Crippen molar-refractivity contribution in [1.29, 1.82) is 0 Å². The molecule has 3 aromatic rings. The summed E-state index contributed by atoms with van der Waals surface area (Å²) < 4.78 is 122. The normalized spacial score (nSPS) is 27.8. The van der Waals surface area contributed by atoms with Crippen molar-refractivity contribution < 1.29 is 49.1 Å². The van der Waals surface area contributed by atoms with Gasteiger partial charge < -0.3 is 0 Å². The van der Waals surface area contributed by atoms with Crippen LogP contribution in [0, 0.1) is 18.8 Å². The Hall–Kier alpha value is -3.15. The van der Waals surface area contributed by atoms with Gasteiger partial charge in [-0.15, -0.1) is 11.3 Å². The van der Waals surface area contributed by atoms with Crippen LogP contribution in [0.4, 0.5) is 39.5 Å². The predicted molar refractivity (Wildman–Crippen MR) is 151 cm³/mol. The van der Waals surface area contributed by atoms with Crippen molar-refractivity contribution in [2.75, 3.05) is 0 Å². The lowest BCUT2D eigenvalue weighted by molar-refractivity contribution is -0.143. The fraction of sp³-hybridized carbons (Fsp3) is 0.471. The van der Waals surface area contributed by atoms with E-state index in [4.69, 9.17) is 0 Å². The van der Waals surface area contributed by atoms with E-state index in [-0.39, 0.29) is 53.8 Å². The van der Waals surface area contributed by atoms with Gasteiger partial charge in [-0.25, -0.2) is 0 Å². The van der Waals surface area contributed by atoms with Crippen LogP contribution < -0.4 is 0 Å². The summed E-state index contributed by atoms with van der Waals surface area (Å²) in [4.78, 5) is 28.3. The Morgan fingerprint density at radius 3 is 1.35 bits per heavy atom. The number of Topliss-reactive ketones (excluding diaryl/α,β-unsaturated/α-hetero) is 2. The zero-order valence-corrected chi connectivity index (χ0v) is 25.1. The van der Waals surface area contributed by atoms with Crippen molar-refractivity contribution >= 4 is 22.9 Å². The second-order valence-corrected chi connectivity index (χ2v) is 14.3. The van der Waals surface area contributed by atoms with Crippen molar-refractivity contribution in [3.05, 3.63) is 90.7 Å². The molecule has 1 aromatic heterocycles.